The van der Waals surface area contributed by atoms with Crippen LogP contribution in [-0.4, -0.2) is 6.10 Å². The fourth-order valence-electron chi connectivity index (χ4n) is 3.90. The molecule has 0 aliphatic heterocycles. The van der Waals surface area contributed by atoms with E-state index in [2.05, 4.69) is 13.8 Å². The molecule has 0 aromatic heterocycles. The van der Waals surface area contributed by atoms with E-state index in [1.54, 1.807) is 24.3 Å². The summed E-state index contributed by atoms with van der Waals surface area (Å²) in [5.74, 6) is 0.955. The number of hydrogen-bond acceptors (Lipinski definition) is 4. The molecule has 2 aromatic carbocycles. The van der Waals surface area contributed by atoms with E-state index >= 15 is 0 Å². The average Bonchev–Trinajstić information content (AvgIpc) is 2.81. The third kappa shape index (κ3) is 12.3. The highest BCUT2D eigenvalue weighted by atomic mass is 31.2. The molecule has 0 aliphatic rings. The van der Waals surface area contributed by atoms with Gasteiger partial charge in [-0.2, -0.15) is 0 Å². The molecule has 4 nitrogen and oxygen atoms in total. The average molecular weight is 475 g/mol. The van der Waals surface area contributed by atoms with Crippen LogP contribution in [0.1, 0.15) is 97.3 Å². The maximum atomic E-state index is 13.7. The molecule has 0 heterocycles. The van der Waals surface area contributed by atoms with Crippen molar-refractivity contribution < 1.29 is 18.1 Å². The van der Waals surface area contributed by atoms with Crippen LogP contribution < -0.4 is 9.05 Å². The second kappa shape index (κ2) is 16.8. The molecule has 5 heteroatoms. The summed E-state index contributed by atoms with van der Waals surface area (Å²) in [4.78, 5) is 0. The Labute approximate surface area is 201 Å². The van der Waals surface area contributed by atoms with Crippen LogP contribution >= 0.6 is 7.82 Å². The first-order valence-electron chi connectivity index (χ1n) is 12.9. The first-order chi connectivity index (χ1) is 16.1. The van der Waals surface area contributed by atoms with Gasteiger partial charge in [0.2, 0.25) is 0 Å². The second-order valence-corrected chi connectivity index (χ2v) is 10.2. The Balaban J connectivity index is 1.85. The molecule has 0 bridgehead atoms. The first kappa shape index (κ1) is 27.5. The van der Waals surface area contributed by atoms with Gasteiger partial charge < -0.3 is 9.05 Å². The predicted octanol–water partition coefficient (Wildman–Crippen LogP) is 9.75. The normalized spacial score (nSPS) is 12.4. The lowest BCUT2D eigenvalue weighted by Gasteiger charge is -2.24. The molecule has 184 valence electrons. The maximum Gasteiger partial charge on any atom is 0.587 e. The number of phosphoric acid groups is 1. The van der Waals surface area contributed by atoms with E-state index in [0.717, 1.165) is 25.7 Å². The smallest absolute Gasteiger partial charge is 0.395 e. The van der Waals surface area contributed by atoms with E-state index < -0.39 is 7.82 Å². The predicted molar refractivity (Wildman–Crippen MR) is 138 cm³/mol. The Morgan fingerprint density at radius 1 is 0.606 bits per heavy atom. The lowest BCUT2D eigenvalue weighted by Crippen LogP contribution is -2.16. The highest BCUT2D eigenvalue weighted by molar-refractivity contribution is 7.49. The van der Waals surface area contributed by atoms with Gasteiger partial charge in [0.25, 0.3) is 0 Å². The SMILES string of the molecule is CCCCCCCCCCCCC(CCC)OP(=O)(Oc1ccccc1)Oc1ccccc1. The van der Waals surface area contributed by atoms with Crippen molar-refractivity contribution in [3.8, 4) is 11.5 Å². The van der Waals surface area contributed by atoms with Crippen molar-refractivity contribution in [2.45, 2.75) is 103 Å². The topological polar surface area (TPSA) is 44.8 Å². The fraction of sp³-hybridized carbons (Fsp3) is 0.571. The highest BCUT2D eigenvalue weighted by Crippen LogP contribution is 2.51. The van der Waals surface area contributed by atoms with Crippen LogP contribution in [0.5, 0.6) is 11.5 Å². The summed E-state index contributed by atoms with van der Waals surface area (Å²) in [7, 11) is -3.83. The van der Waals surface area contributed by atoms with E-state index in [1.807, 2.05) is 36.4 Å². The van der Waals surface area contributed by atoms with E-state index in [0.29, 0.717) is 11.5 Å². The Morgan fingerprint density at radius 3 is 1.52 bits per heavy atom. The van der Waals surface area contributed by atoms with Crippen molar-refractivity contribution in [3.05, 3.63) is 60.7 Å². The summed E-state index contributed by atoms with van der Waals surface area (Å²) < 4.78 is 31.3. The fourth-order valence-corrected chi connectivity index (χ4v) is 5.36. The van der Waals surface area contributed by atoms with Gasteiger partial charge in [-0.25, -0.2) is 4.57 Å². The standard InChI is InChI=1S/C28H43O4P/c1-3-5-6-7-8-9-10-11-12-15-21-26(20-4-2)30-33(29,31-27-22-16-13-17-23-27)32-28-24-18-14-19-25-28/h13-14,16-19,22-26H,3-12,15,20-21H2,1-2H3. The van der Waals surface area contributed by atoms with Gasteiger partial charge in [0.05, 0.1) is 6.10 Å². The zero-order valence-corrected chi connectivity index (χ0v) is 21.5. The van der Waals surface area contributed by atoms with Gasteiger partial charge in [0.15, 0.2) is 0 Å². The van der Waals surface area contributed by atoms with Crippen molar-refractivity contribution in [2.75, 3.05) is 0 Å². The summed E-state index contributed by atoms with van der Waals surface area (Å²) in [6.07, 6.45) is 15.4. The molecule has 0 spiro atoms. The zero-order valence-electron chi connectivity index (χ0n) is 20.6. The van der Waals surface area contributed by atoms with Crippen molar-refractivity contribution in [2.24, 2.45) is 0 Å². The van der Waals surface area contributed by atoms with Gasteiger partial charge in [-0.05, 0) is 37.1 Å². The second-order valence-electron chi connectivity index (χ2n) is 8.74. The first-order valence-corrected chi connectivity index (χ1v) is 14.4. The molecular formula is C28H43O4P. The Kier molecular flexibility index (Phi) is 14.0. The molecule has 0 N–H and O–H groups in total. The van der Waals surface area contributed by atoms with Crippen molar-refractivity contribution in [1.29, 1.82) is 0 Å². The lowest BCUT2D eigenvalue weighted by molar-refractivity contribution is 0.125. The zero-order chi connectivity index (χ0) is 23.6. The lowest BCUT2D eigenvalue weighted by atomic mass is 10.0. The summed E-state index contributed by atoms with van der Waals surface area (Å²) in [6.45, 7) is 4.38. The third-order valence-electron chi connectivity index (χ3n) is 5.69. The van der Waals surface area contributed by atoms with Gasteiger partial charge >= 0.3 is 7.82 Å². The van der Waals surface area contributed by atoms with Gasteiger partial charge in [-0.15, -0.1) is 0 Å². The van der Waals surface area contributed by atoms with Crippen LogP contribution in [0.2, 0.25) is 0 Å². The minimum absolute atomic E-state index is 0.151. The van der Waals surface area contributed by atoms with Crippen molar-refractivity contribution in [3.63, 3.8) is 0 Å². The molecule has 1 unspecified atom stereocenters. The summed E-state index contributed by atoms with van der Waals surface area (Å²) in [5, 5.41) is 0. The number of benzene rings is 2. The van der Waals surface area contributed by atoms with Crippen LogP contribution in [-0.2, 0) is 9.09 Å². The third-order valence-corrected chi connectivity index (χ3v) is 7.11. The summed E-state index contributed by atoms with van der Waals surface area (Å²) in [6, 6.07) is 18.2. The Hall–Kier alpha value is -1.77. The molecule has 0 saturated heterocycles. The van der Waals surface area contributed by atoms with E-state index in [9.17, 15) is 4.57 Å². The number of phosphoric ester groups is 1. The number of unbranched alkanes of at least 4 members (excludes halogenated alkanes) is 9. The van der Waals surface area contributed by atoms with Gasteiger partial charge in [-0.3, -0.25) is 4.52 Å². The van der Waals surface area contributed by atoms with Crippen LogP contribution in [0.3, 0.4) is 0 Å². The number of hydrogen-bond donors (Lipinski definition) is 0. The molecule has 2 rings (SSSR count). The van der Waals surface area contributed by atoms with Crippen LogP contribution in [0, 0.1) is 0 Å². The highest BCUT2D eigenvalue weighted by Gasteiger charge is 2.34. The minimum atomic E-state index is -3.83. The minimum Gasteiger partial charge on any atom is -0.395 e. The molecule has 0 aliphatic carbocycles. The monoisotopic (exact) mass is 474 g/mol. The van der Waals surface area contributed by atoms with Crippen molar-refractivity contribution >= 4 is 7.82 Å². The molecular weight excluding hydrogens is 431 g/mol. The quantitative estimate of drug-likeness (QED) is 0.150. The molecule has 1 atom stereocenters. The Bertz CT molecular complexity index is 720. The molecule has 33 heavy (non-hydrogen) atoms. The molecule has 0 saturated carbocycles. The van der Waals surface area contributed by atoms with Crippen LogP contribution in [0.4, 0.5) is 0 Å². The van der Waals surface area contributed by atoms with E-state index in [-0.39, 0.29) is 6.10 Å². The molecule has 2 aromatic rings. The van der Waals surface area contributed by atoms with Gasteiger partial charge in [0, 0.05) is 0 Å². The van der Waals surface area contributed by atoms with Crippen LogP contribution in [0.15, 0.2) is 60.7 Å². The van der Waals surface area contributed by atoms with E-state index in [4.69, 9.17) is 13.6 Å². The molecule has 0 radical (unpaired) electrons. The van der Waals surface area contributed by atoms with Gasteiger partial charge in [-0.1, -0.05) is 121 Å². The Morgan fingerprint density at radius 2 is 1.06 bits per heavy atom. The van der Waals surface area contributed by atoms with E-state index in [1.165, 1.54) is 57.8 Å². The summed E-state index contributed by atoms with van der Waals surface area (Å²) >= 11 is 0. The van der Waals surface area contributed by atoms with Gasteiger partial charge in [0.1, 0.15) is 11.5 Å². The maximum absolute atomic E-state index is 13.7. The summed E-state index contributed by atoms with van der Waals surface area (Å²) in [5.41, 5.74) is 0. The number of para-hydroxylation sites is 2. The molecule has 0 fully saturated rings. The number of rotatable bonds is 19. The van der Waals surface area contributed by atoms with Crippen molar-refractivity contribution in [1.82, 2.24) is 0 Å². The molecule has 0 amide bonds. The largest absolute Gasteiger partial charge is 0.587 e. The van der Waals surface area contributed by atoms with Crippen LogP contribution in [0.25, 0.3) is 0 Å².